The van der Waals surface area contributed by atoms with E-state index in [9.17, 15) is 98.7 Å². The number of carbonyl (C=O) groups excluding carboxylic acids is 11. The molecule has 42 nitrogen and oxygen atoms in total. The zero-order valence-corrected chi connectivity index (χ0v) is 68.0. The van der Waals surface area contributed by atoms with Crippen molar-refractivity contribution in [2.75, 3.05) is 125 Å². The molecule has 3 fully saturated rings. The van der Waals surface area contributed by atoms with Gasteiger partial charge in [0.15, 0.2) is 18.9 Å². The monoisotopic (exact) mass is 1680 g/mol. The molecule has 0 bridgehead atoms. The van der Waals surface area contributed by atoms with Gasteiger partial charge >= 0.3 is 0 Å². The number of Topliss-reactive ketones (excluding diaryl/α,β-unsaturated/α-hetero) is 1. The van der Waals surface area contributed by atoms with Crippen LogP contribution in [-0.4, -0.2) is 333 Å². The molecule has 10 amide bonds. The standard InChI is InChI=1S/C75H133N13O29/c1-49(92)84-63-69(106)66(103)53(43-89)115-72(63)112-37-15-12-22-57(97)77-30-18-32-80-60(100)28-41-110-47-75(87-62(102)25-11-9-7-5-4-6-8-10-21-56(96)79-34-20-35-83-88-76,46-109-40-27-52(95)26-36-82-59(99)24-14-17-39-114-74-65(86-51(3)94)71(108)68(105)55(45-91)117-74)48-111-42-29-61(101)81-33-19-31-78-58(98)23-13-16-38-113-73-64(85-50(2)93)70(107)67(104)54(44-90)116-73/h53-55,63-74,89-91,103-108H,4-48H2,1-3H3,(H,77,97)(H,78,98)(H,79,96)(H,80,100)(H,81,101)(H,82,99)(H,84,92)(H,85,93)(H,86,94)(H,87,102). The molecule has 117 heavy (non-hydrogen) atoms. The molecule has 0 aromatic heterocycles. The van der Waals surface area contributed by atoms with E-state index in [1.54, 1.807) is 0 Å². The van der Waals surface area contributed by atoms with Crippen LogP contribution in [0, 0.1) is 0 Å². The average molecular weight is 1680 g/mol. The van der Waals surface area contributed by atoms with Gasteiger partial charge in [0.2, 0.25) is 59.1 Å². The lowest BCUT2D eigenvalue weighted by Gasteiger charge is -2.42. The summed E-state index contributed by atoms with van der Waals surface area (Å²) in [6.07, 6.45) is -5.27. The van der Waals surface area contributed by atoms with Gasteiger partial charge in [-0.1, -0.05) is 43.6 Å². The molecule has 19 N–H and O–H groups in total. The molecule has 0 spiro atoms. The number of rotatable bonds is 66. The Morgan fingerprint density at radius 3 is 0.966 bits per heavy atom. The minimum Gasteiger partial charge on any atom is -0.394 e. The van der Waals surface area contributed by atoms with Gasteiger partial charge in [-0.2, -0.15) is 0 Å². The summed E-state index contributed by atoms with van der Waals surface area (Å²) in [6.45, 7) is 2.49. The van der Waals surface area contributed by atoms with Crippen LogP contribution >= 0.6 is 0 Å². The topological polar surface area (TPSA) is 622 Å². The maximum absolute atomic E-state index is 14.0. The van der Waals surface area contributed by atoms with E-state index in [2.05, 4.69) is 63.2 Å². The summed E-state index contributed by atoms with van der Waals surface area (Å²) in [5, 5.41) is 122. The predicted molar refractivity (Wildman–Crippen MR) is 414 cm³/mol. The van der Waals surface area contributed by atoms with Crippen molar-refractivity contribution in [3.05, 3.63) is 10.4 Å². The normalized spacial score (nSPS) is 23.5. The third-order valence-corrected chi connectivity index (χ3v) is 19.1. The maximum atomic E-state index is 14.0. The van der Waals surface area contributed by atoms with E-state index >= 15 is 0 Å². The Bertz CT molecular complexity index is 2850. The second-order valence-electron chi connectivity index (χ2n) is 29.3. The van der Waals surface area contributed by atoms with Gasteiger partial charge in [0.25, 0.3) is 0 Å². The van der Waals surface area contributed by atoms with E-state index < -0.39 is 135 Å². The van der Waals surface area contributed by atoms with E-state index in [-0.39, 0.29) is 191 Å². The second-order valence-corrected chi connectivity index (χ2v) is 29.3. The summed E-state index contributed by atoms with van der Waals surface area (Å²) < 4.78 is 52.2. The van der Waals surface area contributed by atoms with Crippen LogP contribution in [0.3, 0.4) is 0 Å². The van der Waals surface area contributed by atoms with Crippen molar-refractivity contribution in [1.29, 1.82) is 0 Å². The quantitative estimate of drug-likeness (QED) is 0.0122. The van der Waals surface area contributed by atoms with Gasteiger partial charge in [-0.25, -0.2) is 0 Å². The summed E-state index contributed by atoms with van der Waals surface area (Å²) in [5.41, 5.74) is 6.98. The Hall–Kier alpha value is -7.04. The minimum absolute atomic E-state index is 0.0138. The summed E-state index contributed by atoms with van der Waals surface area (Å²) in [5.74, 6) is -3.82. The molecule has 0 aromatic rings. The minimum atomic E-state index is -1.48. The van der Waals surface area contributed by atoms with Crippen LogP contribution in [-0.2, 0) is 95.4 Å². The highest BCUT2D eigenvalue weighted by Gasteiger charge is 2.48. The Balaban J connectivity index is 1.59. The van der Waals surface area contributed by atoms with Gasteiger partial charge in [-0.15, -0.1) is 0 Å². The Morgan fingerprint density at radius 2 is 0.641 bits per heavy atom. The van der Waals surface area contributed by atoms with Crippen molar-refractivity contribution in [2.24, 2.45) is 5.11 Å². The molecule has 3 saturated heterocycles. The fourth-order valence-corrected chi connectivity index (χ4v) is 12.6. The number of carbonyl (C=O) groups is 11. The van der Waals surface area contributed by atoms with Crippen LogP contribution in [0.4, 0.5) is 0 Å². The van der Waals surface area contributed by atoms with Gasteiger partial charge in [0.05, 0.1) is 59.5 Å². The smallest absolute Gasteiger partial charge is 0.222 e. The molecular formula is C75H133N13O29. The zero-order chi connectivity index (χ0) is 86.2. The van der Waals surface area contributed by atoms with Crippen molar-refractivity contribution in [3.8, 4) is 0 Å². The fourth-order valence-electron chi connectivity index (χ4n) is 12.6. The molecule has 15 unspecified atom stereocenters. The van der Waals surface area contributed by atoms with Crippen LogP contribution in [0.5, 0.6) is 0 Å². The lowest BCUT2D eigenvalue weighted by Crippen LogP contribution is -2.64. The third-order valence-electron chi connectivity index (χ3n) is 19.1. The molecule has 0 saturated carbocycles. The Labute approximate surface area is 682 Å². The van der Waals surface area contributed by atoms with Crippen LogP contribution < -0.4 is 53.2 Å². The lowest BCUT2D eigenvalue weighted by atomic mass is 9.97. The first-order valence-electron chi connectivity index (χ1n) is 40.9. The van der Waals surface area contributed by atoms with E-state index in [1.807, 2.05) is 0 Å². The Morgan fingerprint density at radius 1 is 0.350 bits per heavy atom. The fraction of sp³-hybridized carbons (Fsp3) is 0.853. The zero-order valence-electron chi connectivity index (χ0n) is 68.0. The maximum Gasteiger partial charge on any atom is 0.222 e. The number of hydrogen-bond acceptors (Lipinski definition) is 30. The summed E-state index contributed by atoms with van der Waals surface area (Å²) >= 11 is 0. The number of ether oxygens (including phenoxy) is 9. The molecule has 672 valence electrons. The van der Waals surface area contributed by atoms with Crippen LogP contribution in [0.1, 0.15) is 188 Å². The number of amides is 10. The van der Waals surface area contributed by atoms with Crippen molar-refractivity contribution < 1.29 is 141 Å². The first-order chi connectivity index (χ1) is 56.2. The Kier molecular flexibility index (Phi) is 55.3. The molecule has 0 radical (unpaired) electrons. The highest BCUT2D eigenvalue weighted by Crippen LogP contribution is 2.26. The highest BCUT2D eigenvalue weighted by molar-refractivity contribution is 5.81. The molecule has 3 aliphatic heterocycles. The summed E-state index contributed by atoms with van der Waals surface area (Å²) in [4.78, 5) is 142. The van der Waals surface area contributed by atoms with E-state index in [0.29, 0.717) is 83.7 Å². The summed E-state index contributed by atoms with van der Waals surface area (Å²) in [6, 6.07) is -3.32. The summed E-state index contributed by atoms with van der Waals surface area (Å²) in [7, 11) is 0. The van der Waals surface area contributed by atoms with Crippen LogP contribution in [0.2, 0.25) is 0 Å². The van der Waals surface area contributed by atoms with E-state index in [0.717, 1.165) is 44.9 Å². The average Bonchev–Trinajstić information content (AvgIpc) is 0.834. The van der Waals surface area contributed by atoms with E-state index in [4.69, 9.17) is 48.2 Å². The first-order valence-corrected chi connectivity index (χ1v) is 40.9. The van der Waals surface area contributed by atoms with Gasteiger partial charge in [0, 0.05) is 149 Å². The van der Waals surface area contributed by atoms with Crippen LogP contribution in [0.25, 0.3) is 10.4 Å². The number of aliphatic hydroxyl groups is 9. The van der Waals surface area contributed by atoms with Crippen molar-refractivity contribution in [3.63, 3.8) is 0 Å². The number of nitrogens with one attached hydrogen (secondary N) is 10. The molecular weight excluding hydrogens is 1550 g/mol. The SMILES string of the molecule is CC(=O)NC1C(OCCCCC(=O)NCCCNC(=O)CCOCC(COCCC(=O)CCNC(=O)CCCCOC2OC(CO)C(O)C(O)C2NC(C)=O)(COCCC(=O)NCCCNC(=O)CCCCOC2OC(CO)C(O)C(O)C2NC(C)=O)NC(=O)CCCCCCCCCCC(=O)NCCCN=[N+]=[N-])OC(CO)C(O)C1O. The number of unbranched alkanes of at least 4 members (excludes halogenated alkanes) is 10. The van der Waals surface area contributed by atoms with Crippen molar-refractivity contribution in [1.82, 2.24) is 53.2 Å². The van der Waals surface area contributed by atoms with Gasteiger partial charge in [-0.3, -0.25) is 52.7 Å². The molecule has 42 heteroatoms. The molecule has 0 aliphatic carbocycles. The molecule has 3 aliphatic rings. The number of ketones is 1. The lowest BCUT2D eigenvalue weighted by molar-refractivity contribution is -0.270. The molecule has 15 atom stereocenters. The van der Waals surface area contributed by atoms with Crippen LogP contribution in [0.15, 0.2) is 5.11 Å². The van der Waals surface area contributed by atoms with Crippen molar-refractivity contribution >= 4 is 64.9 Å². The van der Waals surface area contributed by atoms with Gasteiger partial charge in [0.1, 0.15) is 84.4 Å². The van der Waals surface area contributed by atoms with E-state index in [1.165, 1.54) is 20.8 Å². The second kappa shape index (κ2) is 62.1. The van der Waals surface area contributed by atoms with Gasteiger partial charge in [-0.05, 0) is 76.2 Å². The molecule has 0 aromatic carbocycles. The van der Waals surface area contributed by atoms with Gasteiger partial charge < -0.3 is 142 Å². The largest absolute Gasteiger partial charge is 0.394 e. The first kappa shape index (κ1) is 104. The number of azide groups is 1. The molecule has 3 rings (SSSR count). The third kappa shape index (κ3) is 45.3. The number of hydrogen-bond donors (Lipinski definition) is 19. The predicted octanol–water partition coefficient (Wildman–Crippen LogP) is -3.51. The molecule has 3 heterocycles. The number of aliphatic hydroxyl groups excluding tert-OH is 9. The van der Waals surface area contributed by atoms with Crippen molar-refractivity contribution in [2.45, 2.75) is 285 Å². The highest BCUT2D eigenvalue weighted by atomic mass is 16.7. The number of nitrogens with zero attached hydrogens (tertiary/aromatic N) is 3.